The first-order valence-electron chi connectivity index (χ1n) is 12.3. The lowest BCUT2D eigenvalue weighted by molar-refractivity contribution is -0.149. The highest BCUT2D eigenvalue weighted by atomic mass is 35.5. The SMILES string of the molecule is CCOC(=O)C1CCN(CCC(=O)Cc2cc3cc(OC4CCNCC4)ccc3cn2)CC1.Cl. The quantitative estimate of drug-likeness (QED) is 0.539. The fourth-order valence-corrected chi connectivity index (χ4v) is 4.67. The predicted octanol–water partition coefficient (Wildman–Crippen LogP) is 3.56. The molecule has 2 aromatic rings. The second-order valence-electron chi connectivity index (χ2n) is 9.09. The molecule has 186 valence electrons. The minimum Gasteiger partial charge on any atom is -0.490 e. The second-order valence-corrected chi connectivity index (χ2v) is 9.09. The van der Waals surface area contributed by atoms with E-state index in [1.54, 1.807) is 0 Å². The number of halogens is 1. The van der Waals surface area contributed by atoms with Crippen LogP contribution in [0, 0.1) is 5.92 Å². The molecule has 8 heteroatoms. The van der Waals surface area contributed by atoms with Crippen LogP contribution in [0.5, 0.6) is 5.75 Å². The number of carbonyl (C=O) groups is 2. The molecular weight excluding hydrogens is 454 g/mol. The van der Waals surface area contributed by atoms with Crippen molar-refractivity contribution in [2.24, 2.45) is 5.92 Å². The molecule has 34 heavy (non-hydrogen) atoms. The zero-order chi connectivity index (χ0) is 23.0. The summed E-state index contributed by atoms with van der Waals surface area (Å²) in [6, 6.07) is 8.10. The van der Waals surface area contributed by atoms with Gasteiger partial charge in [-0.1, -0.05) is 0 Å². The summed E-state index contributed by atoms with van der Waals surface area (Å²) in [6.07, 6.45) is 6.60. The largest absolute Gasteiger partial charge is 0.490 e. The predicted molar refractivity (Wildman–Crippen MR) is 135 cm³/mol. The molecule has 0 radical (unpaired) electrons. The molecule has 2 aliphatic rings. The van der Waals surface area contributed by atoms with Crippen LogP contribution in [-0.4, -0.2) is 67.1 Å². The summed E-state index contributed by atoms with van der Waals surface area (Å²) in [4.78, 5) is 31.3. The van der Waals surface area contributed by atoms with Crippen molar-refractivity contribution >= 4 is 34.9 Å². The number of ether oxygens (including phenoxy) is 2. The average molecular weight is 490 g/mol. The summed E-state index contributed by atoms with van der Waals surface area (Å²) in [5.41, 5.74) is 0.799. The van der Waals surface area contributed by atoms with Crippen molar-refractivity contribution in [2.75, 3.05) is 39.3 Å². The summed E-state index contributed by atoms with van der Waals surface area (Å²) in [5, 5.41) is 5.46. The van der Waals surface area contributed by atoms with E-state index in [0.717, 1.165) is 80.6 Å². The first kappa shape index (κ1) is 26.4. The summed E-state index contributed by atoms with van der Waals surface area (Å²) >= 11 is 0. The zero-order valence-electron chi connectivity index (χ0n) is 20.0. The van der Waals surface area contributed by atoms with Crippen molar-refractivity contribution in [2.45, 2.75) is 51.6 Å². The number of aromatic nitrogens is 1. The monoisotopic (exact) mass is 489 g/mol. The third-order valence-electron chi connectivity index (χ3n) is 6.63. The number of nitrogens with one attached hydrogen (secondary N) is 1. The van der Waals surface area contributed by atoms with Gasteiger partial charge < -0.3 is 19.7 Å². The fraction of sp³-hybridized carbons (Fsp3) is 0.577. The number of nitrogens with zero attached hydrogens (tertiary/aromatic N) is 2. The lowest BCUT2D eigenvalue weighted by Gasteiger charge is -2.30. The smallest absolute Gasteiger partial charge is 0.309 e. The molecule has 2 aliphatic heterocycles. The maximum atomic E-state index is 12.6. The van der Waals surface area contributed by atoms with E-state index in [2.05, 4.69) is 21.3 Å². The number of hydrogen-bond donors (Lipinski definition) is 1. The number of likely N-dealkylation sites (tertiary alicyclic amines) is 1. The lowest BCUT2D eigenvalue weighted by Crippen LogP contribution is -2.38. The van der Waals surface area contributed by atoms with Crippen LogP contribution in [0.25, 0.3) is 10.8 Å². The Kier molecular flexibility index (Phi) is 10.1. The number of rotatable bonds is 9. The van der Waals surface area contributed by atoms with Crippen LogP contribution in [0.15, 0.2) is 30.5 Å². The standard InChI is InChI=1S/C26H35N3O4.ClH/c1-2-32-26(31)19-7-12-29(13-8-19)14-9-23(30)17-22-15-21-16-25(4-3-20(21)18-28-22)33-24-5-10-27-11-6-24;/h3-4,15-16,18-19,24,27H,2,5-14,17H2,1H3;1H. The number of carbonyl (C=O) groups excluding carboxylic acids is 2. The maximum absolute atomic E-state index is 12.6. The molecule has 1 aromatic carbocycles. The van der Waals surface area contributed by atoms with Gasteiger partial charge in [0.2, 0.25) is 0 Å². The highest BCUT2D eigenvalue weighted by Gasteiger charge is 2.26. The Hall–Kier alpha value is -2.22. The van der Waals surface area contributed by atoms with Crippen molar-refractivity contribution in [1.29, 1.82) is 0 Å². The molecule has 3 heterocycles. The van der Waals surface area contributed by atoms with Gasteiger partial charge in [0, 0.05) is 36.7 Å². The van der Waals surface area contributed by atoms with Gasteiger partial charge in [0.05, 0.1) is 12.5 Å². The van der Waals surface area contributed by atoms with Crippen molar-refractivity contribution in [3.8, 4) is 5.75 Å². The highest BCUT2D eigenvalue weighted by Crippen LogP contribution is 2.24. The van der Waals surface area contributed by atoms with Gasteiger partial charge >= 0.3 is 5.97 Å². The average Bonchev–Trinajstić information content (AvgIpc) is 2.84. The molecule has 1 aromatic heterocycles. The first-order chi connectivity index (χ1) is 16.1. The molecule has 0 atom stereocenters. The van der Waals surface area contributed by atoms with Gasteiger partial charge in [0.25, 0.3) is 0 Å². The second kappa shape index (κ2) is 13.0. The maximum Gasteiger partial charge on any atom is 0.309 e. The topological polar surface area (TPSA) is 80.8 Å². The number of piperidine rings is 2. The van der Waals surface area contributed by atoms with Crippen LogP contribution in [0.4, 0.5) is 0 Å². The van der Waals surface area contributed by atoms with E-state index >= 15 is 0 Å². The molecule has 0 amide bonds. The summed E-state index contributed by atoms with van der Waals surface area (Å²) in [7, 11) is 0. The highest BCUT2D eigenvalue weighted by molar-refractivity contribution is 5.86. The van der Waals surface area contributed by atoms with Crippen molar-refractivity contribution in [3.05, 3.63) is 36.2 Å². The van der Waals surface area contributed by atoms with Gasteiger partial charge in [0.1, 0.15) is 17.6 Å². The minimum atomic E-state index is -0.0834. The van der Waals surface area contributed by atoms with Crippen molar-refractivity contribution < 1.29 is 19.1 Å². The van der Waals surface area contributed by atoms with Crippen LogP contribution in [0.2, 0.25) is 0 Å². The Morgan fingerprint density at radius 2 is 1.85 bits per heavy atom. The Morgan fingerprint density at radius 3 is 2.59 bits per heavy atom. The van der Waals surface area contributed by atoms with Gasteiger partial charge in [0.15, 0.2) is 0 Å². The molecule has 2 saturated heterocycles. The van der Waals surface area contributed by atoms with E-state index in [1.165, 1.54) is 0 Å². The summed E-state index contributed by atoms with van der Waals surface area (Å²) in [6.45, 7) is 6.68. The fourth-order valence-electron chi connectivity index (χ4n) is 4.67. The molecule has 0 saturated carbocycles. The van der Waals surface area contributed by atoms with Gasteiger partial charge in [-0.3, -0.25) is 14.6 Å². The summed E-state index contributed by atoms with van der Waals surface area (Å²) in [5.74, 6) is 0.989. The number of benzene rings is 1. The Bertz CT molecular complexity index is 956. The first-order valence-corrected chi connectivity index (χ1v) is 12.3. The molecule has 0 bridgehead atoms. The minimum absolute atomic E-state index is 0. The van der Waals surface area contributed by atoms with Crippen LogP contribution in [-0.2, 0) is 20.7 Å². The van der Waals surface area contributed by atoms with Gasteiger partial charge in [-0.25, -0.2) is 0 Å². The van der Waals surface area contributed by atoms with Gasteiger partial charge in [-0.05, 0) is 88.4 Å². The number of Topliss-reactive ketones (excluding diaryl/α,β-unsaturated/α-hetero) is 1. The van der Waals surface area contributed by atoms with Crippen molar-refractivity contribution in [1.82, 2.24) is 15.2 Å². The molecule has 4 rings (SSSR count). The van der Waals surface area contributed by atoms with E-state index in [1.807, 2.05) is 31.3 Å². The van der Waals surface area contributed by atoms with Crippen LogP contribution in [0.1, 0.15) is 44.7 Å². The molecule has 1 N–H and O–H groups in total. The number of ketones is 1. The van der Waals surface area contributed by atoms with E-state index in [4.69, 9.17) is 9.47 Å². The van der Waals surface area contributed by atoms with E-state index in [-0.39, 0.29) is 36.2 Å². The van der Waals surface area contributed by atoms with Gasteiger partial charge in [-0.15, -0.1) is 12.4 Å². The normalized spacial score (nSPS) is 17.8. The van der Waals surface area contributed by atoms with Crippen molar-refractivity contribution in [3.63, 3.8) is 0 Å². The number of pyridine rings is 1. The molecule has 0 aliphatic carbocycles. The van der Waals surface area contributed by atoms with Crippen LogP contribution >= 0.6 is 12.4 Å². The Balaban J connectivity index is 0.00000324. The van der Waals surface area contributed by atoms with Crippen LogP contribution < -0.4 is 10.1 Å². The van der Waals surface area contributed by atoms with Gasteiger partial charge in [-0.2, -0.15) is 0 Å². The Labute approximate surface area is 208 Å². The molecule has 2 fully saturated rings. The number of esters is 1. The van der Waals surface area contributed by atoms with Crippen LogP contribution in [0.3, 0.4) is 0 Å². The zero-order valence-corrected chi connectivity index (χ0v) is 20.8. The Morgan fingerprint density at radius 1 is 1.09 bits per heavy atom. The van der Waals surface area contributed by atoms with E-state index in [9.17, 15) is 9.59 Å². The molecule has 7 nitrogen and oxygen atoms in total. The molecule has 0 unspecified atom stereocenters. The number of fused-ring (bicyclic) bond motifs is 1. The summed E-state index contributed by atoms with van der Waals surface area (Å²) < 4.78 is 11.3. The number of hydrogen-bond acceptors (Lipinski definition) is 7. The third kappa shape index (κ3) is 7.39. The van der Waals surface area contributed by atoms with E-state index < -0.39 is 0 Å². The lowest BCUT2D eigenvalue weighted by atomic mass is 9.96. The molecule has 0 spiro atoms. The third-order valence-corrected chi connectivity index (χ3v) is 6.63. The molecular formula is C26H36ClN3O4. The van der Waals surface area contributed by atoms with E-state index in [0.29, 0.717) is 19.4 Å².